The van der Waals surface area contributed by atoms with E-state index in [1.165, 1.54) is 24.2 Å². The summed E-state index contributed by atoms with van der Waals surface area (Å²) in [5.74, 6) is 0. The first-order chi connectivity index (χ1) is 11.0. The van der Waals surface area contributed by atoms with Gasteiger partial charge in [-0.1, -0.05) is 6.07 Å². The van der Waals surface area contributed by atoms with Crippen molar-refractivity contribution >= 4 is 57.1 Å². The molecule has 0 N–H and O–H groups in total. The van der Waals surface area contributed by atoms with Crippen LogP contribution in [-0.4, -0.2) is 10.8 Å². The number of halogens is 2. The fourth-order valence-electron chi connectivity index (χ4n) is 2.61. The Bertz CT molecular complexity index is 862. The number of hydrogen-bond acceptors (Lipinski definition) is 1. The average Bonchev–Trinajstić information content (AvgIpc) is 2.81. The molecule has 0 aliphatic heterocycles. The van der Waals surface area contributed by atoms with Gasteiger partial charge in [0.25, 0.3) is 0 Å². The second-order valence-corrected chi connectivity index (χ2v) is 7.87. The van der Waals surface area contributed by atoms with Crippen LogP contribution in [0.2, 0.25) is 0 Å². The number of rotatable bonds is 3. The van der Waals surface area contributed by atoms with Gasteiger partial charge in [-0.15, -0.1) is 0 Å². The summed E-state index contributed by atoms with van der Waals surface area (Å²) in [5, 5.41) is 0. The molecule has 4 heteroatoms. The standard InChI is InChI=1S/C19H16I2N2/c1-13-10-15(12-22-18-5-3-4-17(21)11-18)14(2)23(13)19-8-6-16(20)7-9-19/h3-12H,1-2H3. The monoisotopic (exact) mass is 526 g/mol. The molecule has 23 heavy (non-hydrogen) atoms. The molecule has 1 heterocycles. The molecule has 0 saturated heterocycles. The fourth-order valence-corrected chi connectivity index (χ4v) is 3.49. The Hall–Kier alpha value is -1.15. The quantitative estimate of drug-likeness (QED) is 0.292. The molecule has 0 unspecified atom stereocenters. The van der Waals surface area contributed by atoms with Crippen LogP contribution in [0.15, 0.2) is 59.6 Å². The number of aliphatic imine (C=N–C) groups is 1. The SMILES string of the molecule is Cc1cc(C=Nc2cccc(I)c2)c(C)n1-c1ccc(I)cc1. The number of aryl methyl sites for hydroxylation is 1. The van der Waals surface area contributed by atoms with Crippen LogP contribution in [0.5, 0.6) is 0 Å². The topological polar surface area (TPSA) is 17.3 Å². The van der Waals surface area contributed by atoms with Crippen LogP contribution in [0, 0.1) is 21.0 Å². The van der Waals surface area contributed by atoms with Gasteiger partial charge in [-0.05, 0) is 108 Å². The van der Waals surface area contributed by atoms with E-state index in [2.05, 4.69) is 111 Å². The van der Waals surface area contributed by atoms with E-state index in [1.54, 1.807) is 0 Å². The lowest BCUT2D eigenvalue weighted by Gasteiger charge is -2.09. The summed E-state index contributed by atoms with van der Waals surface area (Å²) in [6.07, 6.45) is 1.96. The van der Waals surface area contributed by atoms with Gasteiger partial charge in [0, 0.05) is 36.0 Å². The van der Waals surface area contributed by atoms with E-state index in [0.717, 1.165) is 11.3 Å². The van der Waals surface area contributed by atoms with Crippen LogP contribution in [0.1, 0.15) is 17.0 Å². The molecule has 2 nitrogen and oxygen atoms in total. The molecular weight excluding hydrogens is 510 g/mol. The maximum atomic E-state index is 4.62. The van der Waals surface area contributed by atoms with E-state index in [-0.39, 0.29) is 0 Å². The minimum Gasteiger partial charge on any atom is -0.318 e. The highest BCUT2D eigenvalue weighted by Gasteiger charge is 2.09. The molecule has 0 spiro atoms. The van der Waals surface area contributed by atoms with Crippen molar-refractivity contribution < 1.29 is 0 Å². The molecule has 0 bridgehead atoms. The molecule has 0 amide bonds. The summed E-state index contributed by atoms with van der Waals surface area (Å²) in [7, 11) is 0. The van der Waals surface area contributed by atoms with Crippen molar-refractivity contribution in [1.82, 2.24) is 4.57 Å². The van der Waals surface area contributed by atoms with Gasteiger partial charge < -0.3 is 4.57 Å². The molecule has 3 aromatic rings. The Kier molecular flexibility index (Phi) is 5.21. The number of hydrogen-bond donors (Lipinski definition) is 0. The first-order valence-corrected chi connectivity index (χ1v) is 9.45. The second-order valence-electron chi connectivity index (χ2n) is 5.38. The van der Waals surface area contributed by atoms with E-state index in [9.17, 15) is 0 Å². The predicted molar refractivity (Wildman–Crippen MR) is 114 cm³/mol. The van der Waals surface area contributed by atoms with Crippen molar-refractivity contribution in [2.24, 2.45) is 4.99 Å². The predicted octanol–water partition coefficient (Wildman–Crippen LogP) is 6.05. The van der Waals surface area contributed by atoms with Gasteiger partial charge in [0.2, 0.25) is 0 Å². The molecule has 116 valence electrons. The third-order valence-electron chi connectivity index (χ3n) is 3.72. The molecular formula is C19H16I2N2. The maximum Gasteiger partial charge on any atom is 0.0640 e. The minimum atomic E-state index is 0.982. The fraction of sp³-hybridized carbons (Fsp3) is 0.105. The average molecular weight is 526 g/mol. The van der Waals surface area contributed by atoms with Gasteiger partial charge in [-0.3, -0.25) is 4.99 Å². The highest BCUT2D eigenvalue weighted by atomic mass is 127. The van der Waals surface area contributed by atoms with Gasteiger partial charge >= 0.3 is 0 Å². The number of aromatic nitrogens is 1. The normalized spacial score (nSPS) is 11.3. The minimum absolute atomic E-state index is 0.982. The first-order valence-electron chi connectivity index (χ1n) is 7.29. The second kappa shape index (κ2) is 7.17. The number of benzene rings is 2. The molecule has 0 radical (unpaired) electrons. The Morgan fingerprint density at radius 1 is 0.913 bits per heavy atom. The van der Waals surface area contributed by atoms with Crippen LogP contribution in [0.3, 0.4) is 0 Å². The third-order valence-corrected chi connectivity index (χ3v) is 5.11. The highest BCUT2D eigenvalue weighted by Crippen LogP contribution is 2.22. The summed E-state index contributed by atoms with van der Waals surface area (Å²) < 4.78 is 4.71. The van der Waals surface area contributed by atoms with E-state index in [0.29, 0.717) is 0 Å². The first kappa shape index (κ1) is 16.7. The Balaban J connectivity index is 1.96. The zero-order valence-corrected chi connectivity index (χ0v) is 17.2. The molecule has 0 fully saturated rings. The van der Waals surface area contributed by atoms with E-state index in [4.69, 9.17) is 0 Å². The van der Waals surface area contributed by atoms with Crippen LogP contribution >= 0.6 is 45.2 Å². The summed E-state index contributed by atoms with van der Waals surface area (Å²) in [6, 6.07) is 19.0. The zero-order valence-electron chi connectivity index (χ0n) is 12.9. The van der Waals surface area contributed by atoms with Gasteiger partial charge in [0.05, 0.1) is 5.69 Å². The Morgan fingerprint density at radius 2 is 1.65 bits per heavy atom. The summed E-state index contributed by atoms with van der Waals surface area (Å²) >= 11 is 4.64. The van der Waals surface area contributed by atoms with E-state index < -0.39 is 0 Å². The molecule has 0 aliphatic rings. The smallest absolute Gasteiger partial charge is 0.0640 e. The number of nitrogens with zero attached hydrogens (tertiary/aromatic N) is 2. The maximum absolute atomic E-state index is 4.62. The summed E-state index contributed by atoms with van der Waals surface area (Å²) in [5.41, 5.74) is 5.75. The highest BCUT2D eigenvalue weighted by molar-refractivity contribution is 14.1. The lowest BCUT2D eigenvalue weighted by molar-refractivity contribution is 0.964. The van der Waals surface area contributed by atoms with Gasteiger partial charge in [-0.25, -0.2) is 0 Å². The van der Waals surface area contributed by atoms with Crippen molar-refractivity contribution in [3.63, 3.8) is 0 Å². The zero-order chi connectivity index (χ0) is 16.4. The molecule has 2 aromatic carbocycles. The summed E-state index contributed by atoms with van der Waals surface area (Å²) in [6.45, 7) is 4.27. The molecule has 1 aromatic heterocycles. The summed E-state index contributed by atoms with van der Waals surface area (Å²) in [4.78, 5) is 4.62. The molecule has 0 aliphatic carbocycles. The lowest BCUT2D eigenvalue weighted by atomic mass is 10.2. The molecule has 0 atom stereocenters. The van der Waals surface area contributed by atoms with E-state index >= 15 is 0 Å². The van der Waals surface area contributed by atoms with E-state index in [1.807, 2.05) is 18.3 Å². The van der Waals surface area contributed by atoms with Crippen molar-refractivity contribution in [3.8, 4) is 5.69 Å². The van der Waals surface area contributed by atoms with Crippen LogP contribution < -0.4 is 0 Å². The van der Waals surface area contributed by atoms with Gasteiger partial charge in [-0.2, -0.15) is 0 Å². The Labute approximate surface area is 163 Å². The molecule has 3 rings (SSSR count). The van der Waals surface area contributed by atoms with Crippen LogP contribution in [0.25, 0.3) is 5.69 Å². The van der Waals surface area contributed by atoms with Crippen molar-refractivity contribution in [2.45, 2.75) is 13.8 Å². The van der Waals surface area contributed by atoms with Crippen LogP contribution in [0.4, 0.5) is 5.69 Å². The van der Waals surface area contributed by atoms with Crippen molar-refractivity contribution in [2.75, 3.05) is 0 Å². The Morgan fingerprint density at radius 3 is 2.35 bits per heavy atom. The largest absolute Gasteiger partial charge is 0.318 e. The lowest BCUT2D eigenvalue weighted by Crippen LogP contribution is -1.99. The van der Waals surface area contributed by atoms with Crippen molar-refractivity contribution in [3.05, 3.63) is 78.7 Å². The van der Waals surface area contributed by atoms with Gasteiger partial charge in [0.1, 0.15) is 0 Å². The third kappa shape index (κ3) is 3.85. The molecule has 0 saturated carbocycles. The van der Waals surface area contributed by atoms with Crippen molar-refractivity contribution in [1.29, 1.82) is 0 Å². The van der Waals surface area contributed by atoms with Gasteiger partial charge in [0.15, 0.2) is 0 Å². The van der Waals surface area contributed by atoms with Crippen LogP contribution in [-0.2, 0) is 0 Å².